The Morgan fingerprint density at radius 2 is 2.56 bits per heavy atom. The molecular formula is C5H6N2O2. The zero-order valence-electron chi connectivity index (χ0n) is 4.94. The van der Waals surface area contributed by atoms with Gasteiger partial charge >= 0.3 is 5.69 Å². The fraction of sp³-hybridized carbons (Fsp3) is 0.200. The van der Waals surface area contributed by atoms with E-state index < -0.39 is 5.69 Å². The Bertz CT molecular complexity index is 243. The molecule has 4 heteroatoms. The van der Waals surface area contributed by atoms with Crippen LogP contribution in [0.1, 0.15) is 0 Å². The van der Waals surface area contributed by atoms with Crippen molar-refractivity contribution in [2.24, 2.45) is 0 Å². The van der Waals surface area contributed by atoms with Gasteiger partial charge in [0.1, 0.15) is 7.11 Å². The fourth-order valence-electron chi connectivity index (χ4n) is 0.483. The van der Waals surface area contributed by atoms with Gasteiger partial charge in [0.25, 0.3) is 0 Å². The Labute approximate surface area is 51.7 Å². The Morgan fingerprint density at radius 1 is 1.78 bits per heavy atom. The number of rotatable bonds is 1. The van der Waals surface area contributed by atoms with Crippen LogP contribution in [0.15, 0.2) is 23.3 Å². The van der Waals surface area contributed by atoms with Crippen LogP contribution in [-0.4, -0.2) is 16.8 Å². The van der Waals surface area contributed by atoms with Gasteiger partial charge in [-0.3, -0.25) is 0 Å². The van der Waals surface area contributed by atoms with Crippen molar-refractivity contribution >= 4 is 0 Å². The summed E-state index contributed by atoms with van der Waals surface area (Å²) in [6, 6.07) is 1.62. The molecule has 1 aromatic heterocycles. The van der Waals surface area contributed by atoms with Gasteiger partial charge in [0.15, 0.2) is 0 Å². The summed E-state index contributed by atoms with van der Waals surface area (Å²) < 4.78 is 1.04. The first-order valence-corrected chi connectivity index (χ1v) is 2.43. The fourth-order valence-corrected chi connectivity index (χ4v) is 0.483. The summed E-state index contributed by atoms with van der Waals surface area (Å²) in [5, 5.41) is 0. The molecule has 4 nitrogen and oxygen atoms in total. The van der Waals surface area contributed by atoms with E-state index in [0.29, 0.717) is 0 Å². The quantitative estimate of drug-likeness (QED) is 0.500. The lowest BCUT2D eigenvalue weighted by molar-refractivity contribution is 0.153. The van der Waals surface area contributed by atoms with Crippen LogP contribution in [0, 0.1) is 0 Å². The number of nitrogens with zero attached hydrogens (tertiary/aromatic N) is 2. The van der Waals surface area contributed by atoms with Crippen molar-refractivity contribution in [1.29, 1.82) is 0 Å². The van der Waals surface area contributed by atoms with E-state index in [9.17, 15) is 4.79 Å². The van der Waals surface area contributed by atoms with Gasteiger partial charge in [-0.25, -0.2) is 4.79 Å². The lowest BCUT2D eigenvalue weighted by atomic mass is 10.7. The SMILES string of the molecule is COn1cccnc1=O. The first kappa shape index (κ1) is 5.81. The molecule has 1 rings (SSSR count). The molecule has 0 N–H and O–H groups in total. The van der Waals surface area contributed by atoms with Crippen LogP contribution in [0.3, 0.4) is 0 Å². The van der Waals surface area contributed by atoms with E-state index in [1.54, 1.807) is 6.07 Å². The van der Waals surface area contributed by atoms with Crippen molar-refractivity contribution in [3.05, 3.63) is 28.9 Å². The highest BCUT2D eigenvalue weighted by atomic mass is 16.6. The Balaban J connectivity index is 3.16. The van der Waals surface area contributed by atoms with Gasteiger partial charge in [0.05, 0.1) is 6.20 Å². The smallest absolute Gasteiger partial charge is 0.380 e. The van der Waals surface area contributed by atoms with Gasteiger partial charge in [0.2, 0.25) is 0 Å². The molecule has 0 atom stereocenters. The van der Waals surface area contributed by atoms with Crippen LogP contribution in [0.25, 0.3) is 0 Å². The highest BCUT2D eigenvalue weighted by Gasteiger charge is 1.87. The van der Waals surface area contributed by atoms with Gasteiger partial charge in [-0.1, -0.05) is 0 Å². The molecule has 1 heterocycles. The van der Waals surface area contributed by atoms with Crippen LogP contribution in [-0.2, 0) is 0 Å². The molecule has 0 unspecified atom stereocenters. The van der Waals surface area contributed by atoms with Crippen LogP contribution < -0.4 is 10.5 Å². The molecule has 0 aliphatic rings. The van der Waals surface area contributed by atoms with E-state index in [1.165, 1.54) is 19.5 Å². The van der Waals surface area contributed by atoms with Crippen LogP contribution in [0.5, 0.6) is 0 Å². The van der Waals surface area contributed by atoms with E-state index >= 15 is 0 Å². The second kappa shape index (κ2) is 2.30. The van der Waals surface area contributed by atoms with Crippen LogP contribution in [0.4, 0.5) is 0 Å². The molecule has 0 saturated carbocycles. The monoisotopic (exact) mass is 126 g/mol. The van der Waals surface area contributed by atoms with Gasteiger partial charge in [-0.2, -0.15) is 4.98 Å². The number of hydrogen-bond acceptors (Lipinski definition) is 3. The topological polar surface area (TPSA) is 44.1 Å². The molecule has 0 fully saturated rings. The lowest BCUT2D eigenvalue weighted by Crippen LogP contribution is -2.25. The largest absolute Gasteiger partial charge is 0.413 e. The van der Waals surface area contributed by atoms with E-state index in [2.05, 4.69) is 9.82 Å². The maximum absolute atomic E-state index is 10.6. The minimum absolute atomic E-state index is 0.403. The summed E-state index contributed by atoms with van der Waals surface area (Å²) in [5.74, 6) is 0. The van der Waals surface area contributed by atoms with Crippen molar-refractivity contribution in [1.82, 2.24) is 9.71 Å². The Morgan fingerprint density at radius 3 is 3.00 bits per heavy atom. The predicted molar refractivity (Wildman–Crippen MR) is 31.0 cm³/mol. The maximum atomic E-state index is 10.6. The Hall–Kier alpha value is -1.32. The molecule has 0 saturated heterocycles. The van der Waals surface area contributed by atoms with E-state index in [4.69, 9.17) is 0 Å². The first-order chi connectivity index (χ1) is 4.34. The highest BCUT2D eigenvalue weighted by molar-refractivity contribution is 4.77. The highest BCUT2D eigenvalue weighted by Crippen LogP contribution is 1.70. The number of aromatic nitrogens is 2. The van der Waals surface area contributed by atoms with Gasteiger partial charge in [-0.05, 0) is 6.07 Å². The van der Waals surface area contributed by atoms with Crippen molar-refractivity contribution in [2.75, 3.05) is 7.11 Å². The third-order valence-electron chi connectivity index (χ3n) is 0.878. The second-order valence-electron chi connectivity index (χ2n) is 1.41. The third-order valence-corrected chi connectivity index (χ3v) is 0.878. The number of hydrogen-bond donors (Lipinski definition) is 0. The summed E-state index contributed by atoms with van der Waals surface area (Å²) in [5.41, 5.74) is -0.403. The second-order valence-corrected chi connectivity index (χ2v) is 1.41. The predicted octanol–water partition coefficient (Wildman–Crippen LogP) is -0.698. The van der Waals surface area contributed by atoms with Crippen molar-refractivity contribution < 1.29 is 4.84 Å². The average molecular weight is 126 g/mol. The van der Waals surface area contributed by atoms with Crippen LogP contribution >= 0.6 is 0 Å². The normalized spacial score (nSPS) is 9.00. The molecule has 0 radical (unpaired) electrons. The van der Waals surface area contributed by atoms with Crippen molar-refractivity contribution in [3.63, 3.8) is 0 Å². The van der Waals surface area contributed by atoms with Gasteiger partial charge < -0.3 is 4.84 Å². The van der Waals surface area contributed by atoms with Crippen molar-refractivity contribution in [2.45, 2.75) is 0 Å². The average Bonchev–Trinajstić information content (AvgIpc) is 1.89. The molecule has 0 spiro atoms. The molecule has 1 aromatic rings. The van der Waals surface area contributed by atoms with Gasteiger partial charge in [0, 0.05) is 6.20 Å². The lowest BCUT2D eigenvalue weighted by Gasteiger charge is -1.97. The maximum Gasteiger partial charge on any atom is 0.380 e. The molecule has 0 aliphatic heterocycles. The summed E-state index contributed by atoms with van der Waals surface area (Å²) in [4.78, 5) is 18.6. The molecule has 48 valence electrons. The summed E-state index contributed by atoms with van der Waals surface area (Å²) in [6.07, 6.45) is 2.91. The molecule has 0 bridgehead atoms. The zero-order valence-corrected chi connectivity index (χ0v) is 4.94. The summed E-state index contributed by atoms with van der Waals surface area (Å²) >= 11 is 0. The van der Waals surface area contributed by atoms with Crippen molar-refractivity contribution in [3.8, 4) is 0 Å². The Kier molecular flexibility index (Phi) is 1.48. The third kappa shape index (κ3) is 1.07. The summed E-state index contributed by atoms with van der Waals surface area (Å²) in [6.45, 7) is 0. The molecule has 0 amide bonds. The standard InChI is InChI=1S/C5H6N2O2/c1-9-7-4-2-3-6-5(7)8/h2-4H,1H3. The van der Waals surface area contributed by atoms with E-state index in [0.717, 1.165) is 4.73 Å². The van der Waals surface area contributed by atoms with Gasteiger partial charge in [-0.15, -0.1) is 4.73 Å². The molecule has 9 heavy (non-hydrogen) atoms. The molecule has 0 aromatic carbocycles. The summed E-state index contributed by atoms with van der Waals surface area (Å²) in [7, 11) is 1.41. The molecular weight excluding hydrogens is 120 g/mol. The minimum atomic E-state index is -0.403. The zero-order chi connectivity index (χ0) is 6.69. The van der Waals surface area contributed by atoms with Crippen LogP contribution in [0.2, 0.25) is 0 Å². The van der Waals surface area contributed by atoms with E-state index in [-0.39, 0.29) is 0 Å². The first-order valence-electron chi connectivity index (χ1n) is 2.43. The minimum Gasteiger partial charge on any atom is -0.413 e. The molecule has 0 aliphatic carbocycles. The van der Waals surface area contributed by atoms with E-state index in [1.807, 2.05) is 0 Å².